The van der Waals surface area contributed by atoms with Gasteiger partial charge in [0.15, 0.2) is 16.7 Å². The first-order chi connectivity index (χ1) is 12.7. The molecule has 2 N–H and O–H groups in total. The van der Waals surface area contributed by atoms with Crippen LogP contribution in [0.4, 0.5) is 5.69 Å². The molecule has 0 radical (unpaired) electrons. The van der Waals surface area contributed by atoms with Crippen LogP contribution in [0.15, 0.2) is 52.9 Å². The summed E-state index contributed by atoms with van der Waals surface area (Å²) in [6.45, 7) is 0.744. The molecule has 132 valence electrons. The number of nitro groups is 1. The molecule has 8 nitrogen and oxygen atoms in total. The number of aliphatic imine (C=N–C) groups is 1. The largest absolute Gasteiger partial charge is 0.454 e. The molecule has 2 aliphatic rings. The molecule has 0 fully saturated rings. The minimum absolute atomic E-state index is 0.0532. The highest BCUT2D eigenvalue weighted by atomic mass is 32.2. The van der Waals surface area contributed by atoms with Crippen LogP contribution in [-0.4, -0.2) is 16.9 Å². The summed E-state index contributed by atoms with van der Waals surface area (Å²) >= 11 is 1.41. The lowest BCUT2D eigenvalue weighted by atomic mass is 10.1. The van der Waals surface area contributed by atoms with E-state index < -0.39 is 4.92 Å². The number of hydrogen-bond donors (Lipinski definition) is 2. The van der Waals surface area contributed by atoms with E-state index in [0.717, 1.165) is 28.3 Å². The number of nitro benzene ring substituents is 1. The predicted molar refractivity (Wildman–Crippen MR) is 98.6 cm³/mol. The fraction of sp³-hybridized carbons (Fsp3) is 0.118. The lowest BCUT2D eigenvalue weighted by Gasteiger charge is -2.19. The van der Waals surface area contributed by atoms with Crippen molar-refractivity contribution >= 4 is 28.3 Å². The minimum Gasteiger partial charge on any atom is -0.454 e. The highest BCUT2D eigenvalue weighted by Crippen LogP contribution is 2.32. The van der Waals surface area contributed by atoms with Gasteiger partial charge in [0, 0.05) is 23.1 Å². The van der Waals surface area contributed by atoms with E-state index in [-0.39, 0.29) is 12.5 Å². The number of non-ortho nitro benzene ring substituents is 1. The Balaban J connectivity index is 1.43. The summed E-state index contributed by atoms with van der Waals surface area (Å²) in [6, 6.07) is 12.2. The Hall–Kier alpha value is -3.20. The van der Waals surface area contributed by atoms with Gasteiger partial charge < -0.3 is 9.47 Å². The van der Waals surface area contributed by atoms with E-state index in [2.05, 4.69) is 15.8 Å². The van der Waals surface area contributed by atoms with Crippen LogP contribution >= 0.6 is 11.8 Å². The summed E-state index contributed by atoms with van der Waals surface area (Å²) in [4.78, 5) is 15.0. The summed E-state index contributed by atoms with van der Waals surface area (Å²) in [5.74, 6) is 1.48. The average Bonchev–Trinajstić information content (AvgIpc) is 3.15. The monoisotopic (exact) mass is 370 g/mol. The maximum absolute atomic E-state index is 10.9. The van der Waals surface area contributed by atoms with Gasteiger partial charge in [-0.15, -0.1) is 0 Å². The molecule has 0 aromatic heterocycles. The van der Waals surface area contributed by atoms with Crippen molar-refractivity contribution in [2.45, 2.75) is 6.54 Å². The van der Waals surface area contributed by atoms with Gasteiger partial charge in [0.05, 0.1) is 17.2 Å². The Morgan fingerprint density at radius 1 is 1.15 bits per heavy atom. The zero-order chi connectivity index (χ0) is 17.9. The van der Waals surface area contributed by atoms with Crippen molar-refractivity contribution in [3.05, 3.63) is 69.1 Å². The third kappa shape index (κ3) is 3.42. The molecule has 0 amide bonds. The zero-order valence-corrected chi connectivity index (χ0v) is 14.3. The van der Waals surface area contributed by atoms with Gasteiger partial charge >= 0.3 is 0 Å². The van der Waals surface area contributed by atoms with Gasteiger partial charge in [-0.2, -0.15) is 0 Å². The normalized spacial score (nSPS) is 16.6. The molecule has 4 rings (SSSR count). The van der Waals surface area contributed by atoms with Crippen molar-refractivity contribution in [1.82, 2.24) is 10.9 Å². The number of benzene rings is 2. The number of ether oxygens (including phenoxy) is 2. The van der Waals surface area contributed by atoms with Crippen molar-refractivity contribution in [1.29, 1.82) is 0 Å². The molecular weight excluding hydrogens is 356 g/mol. The average molecular weight is 370 g/mol. The summed E-state index contributed by atoms with van der Waals surface area (Å²) < 4.78 is 10.6. The molecule has 0 saturated heterocycles. The first-order valence-electron chi connectivity index (χ1n) is 7.76. The number of thioether (sulfide) groups is 1. The third-order valence-electron chi connectivity index (χ3n) is 3.80. The Morgan fingerprint density at radius 2 is 2.04 bits per heavy atom. The van der Waals surface area contributed by atoms with Crippen LogP contribution in [0.25, 0.3) is 5.70 Å². The molecule has 0 unspecified atom stereocenters. The summed E-state index contributed by atoms with van der Waals surface area (Å²) in [5, 5.41) is 13.5. The number of nitrogens with one attached hydrogen (secondary N) is 2. The molecule has 2 aromatic carbocycles. The predicted octanol–water partition coefficient (Wildman–Crippen LogP) is 3.02. The van der Waals surface area contributed by atoms with Gasteiger partial charge in [-0.05, 0) is 17.7 Å². The molecule has 0 saturated carbocycles. The number of rotatable bonds is 4. The number of hydrogen-bond acceptors (Lipinski definition) is 7. The van der Waals surface area contributed by atoms with Crippen LogP contribution in [0.1, 0.15) is 11.1 Å². The van der Waals surface area contributed by atoms with Gasteiger partial charge in [0.1, 0.15) is 0 Å². The van der Waals surface area contributed by atoms with E-state index >= 15 is 0 Å². The Kier molecular flexibility index (Phi) is 4.36. The van der Waals surface area contributed by atoms with E-state index in [4.69, 9.17) is 9.47 Å². The highest BCUT2D eigenvalue weighted by molar-refractivity contribution is 8.16. The van der Waals surface area contributed by atoms with Crippen molar-refractivity contribution in [3.8, 4) is 11.5 Å². The van der Waals surface area contributed by atoms with Gasteiger partial charge in [-0.3, -0.25) is 26.0 Å². The Morgan fingerprint density at radius 3 is 2.85 bits per heavy atom. The van der Waals surface area contributed by atoms with Crippen molar-refractivity contribution in [2.24, 2.45) is 4.99 Å². The molecule has 26 heavy (non-hydrogen) atoms. The smallest absolute Gasteiger partial charge is 0.270 e. The summed E-state index contributed by atoms with van der Waals surface area (Å²) in [7, 11) is 0. The molecule has 0 aliphatic carbocycles. The molecule has 9 heteroatoms. The lowest BCUT2D eigenvalue weighted by Crippen LogP contribution is -2.36. The molecule has 0 spiro atoms. The highest BCUT2D eigenvalue weighted by Gasteiger charge is 2.15. The van der Waals surface area contributed by atoms with Crippen LogP contribution in [0, 0.1) is 10.1 Å². The lowest BCUT2D eigenvalue weighted by molar-refractivity contribution is -0.384. The zero-order valence-electron chi connectivity index (χ0n) is 13.5. The molecular formula is C17H14N4O4S. The summed E-state index contributed by atoms with van der Waals surface area (Å²) in [6.07, 6.45) is 0. The minimum atomic E-state index is -0.411. The first-order valence-corrected chi connectivity index (χ1v) is 8.64. The summed E-state index contributed by atoms with van der Waals surface area (Å²) in [5.41, 5.74) is 8.58. The third-order valence-corrected chi connectivity index (χ3v) is 4.61. The maximum Gasteiger partial charge on any atom is 0.270 e. The van der Waals surface area contributed by atoms with Gasteiger partial charge in [-0.1, -0.05) is 30.0 Å². The van der Waals surface area contributed by atoms with Crippen LogP contribution in [0.3, 0.4) is 0 Å². The van der Waals surface area contributed by atoms with Crippen LogP contribution in [-0.2, 0) is 6.54 Å². The molecule has 2 aliphatic heterocycles. The Bertz CT molecular complexity index is 929. The maximum atomic E-state index is 10.9. The van der Waals surface area contributed by atoms with E-state index in [1.807, 2.05) is 29.7 Å². The second kappa shape index (κ2) is 6.96. The van der Waals surface area contributed by atoms with E-state index in [0.29, 0.717) is 11.7 Å². The van der Waals surface area contributed by atoms with Crippen molar-refractivity contribution in [3.63, 3.8) is 0 Å². The molecule has 2 heterocycles. The topological polar surface area (TPSA) is 98.0 Å². The van der Waals surface area contributed by atoms with Crippen molar-refractivity contribution < 1.29 is 14.4 Å². The van der Waals surface area contributed by atoms with E-state index in [9.17, 15) is 10.1 Å². The van der Waals surface area contributed by atoms with Gasteiger partial charge in [0.2, 0.25) is 6.79 Å². The fourth-order valence-corrected chi connectivity index (χ4v) is 3.17. The second-order valence-electron chi connectivity index (χ2n) is 5.52. The van der Waals surface area contributed by atoms with E-state index in [1.54, 1.807) is 6.07 Å². The number of fused-ring (bicyclic) bond motifs is 1. The first kappa shape index (κ1) is 16.3. The SMILES string of the molecule is O=[N+]([O-])c1cccc(C2=CSC(=NCc3ccc4c(c3)OCO4)NN2)c1. The van der Waals surface area contributed by atoms with Gasteiger partial charge in [0.25, 0.3) is 5.69 Å². The van der Waals surface area contributed by atoms with Crippen LogP contribution in [0.2, 0.25) is 0 Å². The standard InChI is InChI=1S/C17H14N4O4S/c22-21(23)13-3-1-2-12(7-13)14-9-26-17(20-19-14)18-8-11-4-5-15-16(6-11)25-10-24-15/h1-7,9,19H,8,10H2,(H,18,20). The molecule has 2 aromatic rings. The Labute approximate surface area is 153 Å². The van der Waals surface area contributed by atoms with E-state index in [1.165, 1.54) is 23.9 Å². The number of hydrazine groups is 1. The van der Waals surface area contributed by atoms with Crippen molar-refractivity contribution in [2.75, 3.05) is 6.79 Å². The quantitative estimate of drug-likeness (QED) is 0.630. The second-order valence-corrected chi connectivity index (χ2v) is 6.37. The van der Waals surface area contributed by atoms with Crippen LogP contribution < -0.4 is 20.3 Å². The molecule has 0 atom stereocenters. The van der Waals surface area contributed by atoms with Crippen LogP contribution in [0.5, 0.6) is 11.5 Å². The molecule has 0 bridgehead atoms. The van der Waals surface area contributed by atoms with Gasteiger partial charge in [-0.25, -0.2) is 0 Å². The number of nitrogens with zero attached hydrogens (tertiary/aromatic N) is 2. The fourth-order valence-electron chi connectivity index (χ4n) is 2.50. The number of amidine groups is 1.